The van der Waals surface area contributed by atoms with Gasteiger partial charge in [0.05, 0.1) is 17.8 Å². The van der Waals surface area contributed by atoms with Crippen molar-refractivity contribution in [1.82, 2.24) is 10.2 Å². The predicted molar refractivity (Wildman–Crippen MR) is 79.0 cm³/mol. The van der Waals surface area contributed by atoms with Crippen molar-refractivity contribution in [3.05, 3.63) is 24.3 Å². The van der Waals surface area contributed by atoms with Gasteiger partial charge < -0.3 is 10.1 Å². The second-order valence-electron chi connectivity index (χ2n) is 5.09. The standard InChI is InChI=1S/C14H22N2O3S/c1-12-11-15-6-7-16(12)8-9-20(17,18)14-5-3-4-13(10-14)19-2/h3-5,10,12,15H,6-9,11H2,1-2H3/t12-/m0/s1. The maximum Gasteiger partial charge on any atom is 0.179 e. The number of nitrogens with zero attached hydrogens (tertiary/aromatic N) is 1. The maximum absolute atomic E-state index is 12.4. The summed E-state index contributed by atoms with van der Waals surface area (Å²) < 4.78 is 29.8. The van der Waals surface area contributed by atoms with Gasteiger partial charge in [-0.05, 0) is 25.1 Å². The third-order valence-electron chi connectivity index (χ3n) is 3.69. The summed E-state index contributed by atoms with van der Waals surface area (Å²) in [7, 11) is -1.72. The topological polar surface area (TPSA) is 58.6 Å². The number of hydrogen-bond acceptors (Lipinski definition) is 5. The van der Waals surface area contributed by atoms with Gasteiger partial charge in [-0.25, -0.2) is 8.42 Å². The van der Waals surface area contributed by atoms with Gasteiger partial charge in [-0.3, -0.25) is 4.90 Å². The van der Waals surface area contributed by atoms with Crippen molar-refractivity contribution in [2.45, 2.75) is 17.9 Å². The highest BCUT2D eigenvalue weighted by Crippen LogP contribution is 2.18. The second-order valence-corrected chi connectivity index (χ2v) is 7.20. The van der Waals surface area contributed by atoms with E-state index in [9.17, 15) is 8.42 Å². The third-order valence-corrected chi connectivity index (χ3v) is 5.38. The van der Waals surface area contributed by atoms with Crippen molar-refractivity contribution >= 4 is 9.84 Å². The maximum atomic E-state index is 12.4. The molecule has 0 spiro atoms. The van der Waals surface area contributed by atoms with Gasteiger partial charge >= 0.3 is 0 Å². The average molecular weight is 298 g/mol. The van der Waals surface area contributed by atoms with Gasteiger partial charge in [-0.15, -0.1) is 0 Å². The minimum Gasteiger partial charge on any atom is -0.497 e. The second kappa shape index (κ2) is 6.56. The number of benzene rings is 1. The van der Waals surface area contributed by atoms with Gasteiger partial charge in [0.15, 0.2) is 9.84 Å². The number of piperazine rings is 1. The molecule has 112 valence electrons. The zero-order chi connectivity index (χ0) is 14.6. The van der Waals surface area contributed by atoms with Crippen LogP contribution in [0.5, 0.6) is 5.75 Å². The minimum absolute atomic E-state index is 0.143. The molecule has 0 aromatic heterocycles. The van der Waals surface area contributed by atoms with Gasteiger partial charge in [0.2, 0.25) is 0 Å². The molecule has 0 bridgehead atoms. The van der Waals surface area contributed by atoms with E-state index in [0.29, 0.717) is 23.2 Å². The van der Waals surface area contributed by atoms with E-state index in [1.54, 1.807) is 24.3 Å². The van der Waals surface area contributed by atoms with Crippen LogP contribution in [-0.2, 0) is 9.84 Å². The lowest BCUT2D eigenvalue weighted by atomic mass is 10.2. The molecule has 1 aromatic rings. The molecule has 0 amide bonds. The first-order valence-corrected chi connectivity index (χ1v) is 8.50. The molecule has 0 aliphatic carbocycles. The number of rotatable bonds is 5. The normalized spacial score (nSPS) is 20.8. The van der Waals surface area contributed by atoms with Crippen LogP contribution in [-0.4, -0.2) is 58.4 Å². The molecular weight excluding hydrogens is 276 g/mol. The highest BCUT2D eigenvalue weighted by molar-refractivity contribution is 7.91. The van der Waals surface area contributed by atoms with Crippen molar-refractivity contribution in [3.8, 4) is 5.75 Å². The largest absolute Gasteiger partial charge is 0.497 e. The van der Waals surface area contributed by atoms with Crippen molar-refractivity contribution < 1.29 is 13.2 Å². The van der Waals surface area contributed by atoms with Crippen LogP contribution in [0.3, 0.4) is 0 Å². The molecule has 1 fully saturated rings. The van der Waals surface area contributed by atoms with Crippen molar-refractivity contribution in [3.63, 3.8) is 0 Å². The van der Waals surface area contributed by atoms with Crippen molar-refractivity contribution in [2.24, 2.45) is 0 Å². The fourth-order valence-corrected chi connectivity index (χ4v) is 3.66. The van der Waals surface area contributed by atoms with Crippen LogP contribution in [0, 0.1) is 0 Å². The lowest BCUT2D eigenvalue weighted by Crippen LogP contribution is -2.50. The van der Waals surface area contributed by atoms with Crippen molar-refractivity contribution in [1.29, 1.82) is 0 Å². The zero-order valence-electron chi connectivity index (χ0n) is 12.0. The van der Waals surface area contributed by atoms with Crippen LogP contribution in [0.2, 0.25) is 0 Å². The molecule has 2 rings (SSSR count). The highest BCUT2D eigenvalue weighted by Gasteiger charge is 2.21. The first-order chi connectivity index (χ1) is 9.53. The Morgan fingerprint density at radius 2 is 2.25 bits per heavy atom. The number of hydrogen-bond donors (Lipinski definition) is 1. The minimum atomic E-state index is -3.26. The molecule has 1 aliphatic rings. The lowest BCUT2D eigenvalue weighted by Gasteiger charge is -2.33. The molecule has 6 heteroatoms. The van der Waals surface area contributed by atoms with E-state index in [2.05, 4.69) is 17.1 Å². The van der Waals surface area contributed by atoms with E-state index in [1.807, 2.05) is 0 Å². The Kier molecular flexibility index (Phi) is 5.01. The van der Waals surface area contributed by atoms with Gasteiger partial charge in [0.25, 0.3) is 0 Å². The van der Waals surface area contributed by atoms with E-state index in [1.165, 1.54) is 7.11 Å². The molecule has 0 radical (unpaired) electrons. The molecule has 0 saturated carbocycles. The Hall–Kier alpha value is -1.11. The smallest absolute Gasteiger partial charge is 0.179 e. The number of nitrogens with one attached hydrogen (secondary N) is 1. The molecule has 5 nitrogen and oxygen atoms in total. The average Bonchev–Trinajstić information content (AvgIpc) is 2.46. The summed E-state index contributed by atoms with van der Waals surface area (Å²) >= 11 is 0. The molecule has 1 atom stereocenters. The van der Waals surface area contributed by atoms with Crippen LogP contribution in [0.1, 0.15) is 6.92 Å². The van der Waals surface area contributed by atoms with E-state index in [4.69, 9.17) is 4.74 Å². The number of ether oxygens (including phenoxy) is 1. The van der Waals surface area contributed by atoms with Crippen LogP contribution in [0.25, 0.3) is 0 Å². The van der Waals surface area contributed by atoms with Gasteiger partial charge in [0, 0.05) is 32.2 Å². The monoisotopic (exact) mass is 298 g/mol. The van der Waals surface area contributed by atoms with E-state index in [0.717, 1.165) is 19.6 Å². The molecular formula is C14H22N2O3S. The highest BCUT2D eigenvalue weighted by atomic mass is 32.2. The summed E-state index contributed by atoms with van der Waals surface area (Å²) in [6, 6.07) is 7.04. The SMILES string of the molecule is COc1cccc(S(=O)(=O)CCN2CCNC[C@@H]2C)c1. The summed E-state index contributed by atoms with van der Waals surface area (Å²) in [6.45, 7) is 5.42. The summed E-state index contributed by atoms with van der Waals surface area (Å²) in [5.41, 5.74) is 0. The summed E-state index contributed by atoms with van der Waals surface area (Å²) in [5.74, 6) is 0.714. The molecule has 20 heavy (non-hydrogen) atoms. The zero-order valence-corrected chi connectivity index (χ0v) is 12.8. The molecule has 0 unspecified atom stereocenters. The van der Waals surface area contributed by atoms with E-state index >= 15 is 0 Å². The Balaban J connectivity index is 2.03. The molecule has 1 heterocycles. The van der Waals surface area contributed by atoms with Crippen LogP contribution < -0.4 is 10.1 Å². The fraction of sp³-hybridized carbons (Fsp3) is 0.571. The quantitative estimate of drug-likeness (QED) is 0.870. The summed E-state index contributed by atoms with van der Waals surface area (Å²) in [6.07, 6.45) is 0. The lowest BCUT2D eigenvalue weighted by molar-refractivity contribution is 0.184. The van der Waals surface area contributed by atoms with Gasteiger partial charge in [-0.1, -0.05) is 6.07 Å². The Morgan fingerprint density at radius 3 is 2.95 bits per heavy atom. The molecule has 1 N–H and O–H groups in total. The molecule has 1 aromatic carbocycles. The Bertz CT molecular complexity index is 545. The fourth-order valence-electron chi connectivity index (χ4n) is 2.37. The third kappa shape index (κ3) is 3.71. The van der Waals surface area contributed by atoms with Crippen LogP contribution >= 0.6 is 0 Å². The van der Waals surface area contributed by atoms with E-state index in [-0.39, 0.29) is 5.75 Å². The van der Waals surface area contributed by atoms with Crippen molar-refractivity contribution in [2.75, 3.05) is 39.0 Å². The van der Waals surface area contributed by atoms with E-state index < -0.39 is 9.84 Å². The Morgan fingerprint density at radius 1 is 1.45 bits per heavy atom. The molecule has 1 saturated heterocycles. The van der Waals surface area contributed by atoms with Gasteiger partial charge in [-0.2, -0.15) is 0 Å². The first kappa shape index (κ1) is 15.3. The van der Waals surface area contributed by atoms with Crippen LogP contribution in [0.15, 0.2) is 29.2 Å². The number of methoxy groups -OCH3 is 1. The number of sulfone groups is 1. The first-order valence-electron chi connectivity index (χ1n) is 6.84. The molecule has 1 aliphatic heterocycles. The van der Waals surface area contributed by atoms with Crippen LogP contribution in [0.4, 0.5) is 0 Å². The summed E-state index contributed by atoms with van der Waals surface area (Å²) in [5, 5.41) is 3.30. The summed E-state index contributed by atoms with van der Waals surface area (Å²) in [4.78, 5) is 2.55. The Labute approximate surface area is 120 Å². The van der Waals surface area contributed by atoms with Gasteiger partial charge in [0.1, 0.15) is 5.75 Å². The predicted octanol–water partition coefficient (Wildman–Crippen LogP) is 0.763.